The van der Waals surface area contributed by atoms with E-state index in [2.05, 4.69) is 19.2 Å². The Balaban J connectivity index is 1.51. The SMILES string of the molecule is CC(C)c1ccc(NC(=O)COC(=O)CN2C(=O)Cc3ccccc3C2=O)cc1. The Morgan fingerprint density at radius 1 is 1.07 bits per heavy atom. The summed E-state index contributed by atoms with van der Waals surface area (Å²) in [6.45, 7) is 3.12. The van der Waals surface area contributed by atoms with Crippen LogP contribution in [0.25, 0.3) is 0 Å². The summed E-state index contributed by atoms with van der Waals surface area (Å²) in [5, 5.41) is 2.63. The number of anilines is 1. The highest BCUT2D eigenvalue weighted by Crippen LogP contribution is 2.19. The largest absolute Gasteiger partial charge is 0.454 e. The van der Waals surface area contributed by atoms with Crippen LogP contribution in [0.5, 0.6) is 0 Å². The van der Waals surface area contributed by atoms with Crippen molar-refractivity contribution >= 4 is 29.4 Å². The van der Waals surface area contributed by atoms with Crippen LogP contribution in [0.1, 0.15) is 41.3 Å². The van der Waals surface area contributed by atoms with Gasteiger partial charge in [-0.05, 0) is 35.2 Å². The maximum atomic E-state index is 12.4. The Hall–Kier alpha value is -3.48. The third-order valence-corrected chi connectivity index (χ3v) is 4.65. The molecule has 1 aliphatic rings. The molecule has 0 aromatic heterocycles. The molecule has 7 nitrogen and oxygen atoms in total. The minimum absolute atomic E-state index is 0.0437. The van der Waals surface area contributed by atoms with Gasteiger partial charge in [-0.1, -0.05) is 44.2 Å². The first kappa shape index (κ1) is 20.3. The van der Waals surface area contributed by atoms with Crippen molar-refractivity contribution in [3.05, 3.63) is 65.2 Å². The van der Waals surface area contributed by atoms with Gasteiger partial charge in [0.05, 0.1) is 6.42 Å². The molecule has 1 aliphatic heterocycles. The van der Waals surface area contributed by atoms with Crippen LogP contribution in [-0.4, -0.2) is 41.7 Å². The zero-order valence-electron chi connectivity index (χ0n) is 16.3. The summed E-state index contributed by atoms with van der Waals surface area (Å²) < 4.78 is 4.93. The van der Waals surface area contributed by atoms with Crippen LogP contribution in [0, 0.1) is 0 Å². The Bertz CT molecular complexity index is 950. The van der Waals surface area contributed by atoms with E-state index in [-0.39, 0.29) is 6.42 Å². The molecule has 0 saturated heterocycles. The molecular weight excluding hydrogens is 372 g/mol. The molecule has 2 aromatic carbocycles. The molecule has 0 atom stereocenters. The average Bonchev–Trinajstić information content (AvgIpc) is 2.70. The quantitative estimate of drug-likeness (QED) is 0.600. The molecule has 0 unspecified atom stereocenters. The van der Waals surface area contributed by atoms with E-state index >= 15 is 0 Å². The molecule has 2 aromatic rings. The van der Waals surface area contributed by atoms with Crippen molar-refractivity contribution in [2.45, 2.75) is 26.2 Å². The predicted octanol–water partition coefficient (Wildman–Crippen LogP) is 2.52. The van der Waals surface area contributed by atoms with Gasteiger partial charge in [-0.3, -0.25) is 24.1 Å². The zero-order valence-corrected chi connectivity index (χ0v) is 16.3. The lowest BCUT2D eigenvalue weighted by atomic mass is 9.98. The lowest BCUT2D eigenvalue weighted by Gasteiger charge is -2.25. The second-order valence-electron chi connectivity index (χ2n) is 7.10. The van der Waals surface area contributed by atoms with Crippen molar-refractivity contribution in [3.63, 3.8) is 0 Å². The molecule has 0 bridgehead atoms. The van der Waals surface area contributed by atoms with Gasteiger partial charge in [0.1, 0.15) is 6.54 Å². The van der Waals surface area contributed by atoms with Crippen molar-refractivity contribution in [1.82, 2.24) is 4.90 Å². The molecule has 0 radical (unpaired) electrons. The second-order valence-corrected chi connectivity index (χ2v) is 7.10. The zero-order chi connectivity index (χ0) is 21.0. The lowest BCUT2D eigenvalue weighted by molar-refractivity contribution is -0.150. The topological polar surface area (TPSA) is 92.8 Å². The second kappa shape index (κ2) is 8.68. The van der Waals surface area contributed by atoms with Crippen LogP contribution < -0.4 is 5.32 Å². The maximum absolute atomic E-state index is 12.4. The van der Waals surface area contributed by atoms with Crippen LogP contribution in [0.15, 0.2) is 48.5 Å². The first-order chi connectivity index (χ1) is 13.8. The number of hydrogen-bond donors (Lipinski definition) is 1. The van der Waals surface area contributed by atoms with Crippen molar-refractivity contribution in [2.75, 3.05) is 18.5 Å². The summed E-state index contributed by atoms with van der Waals surface area (Å²) in [6, 6.07) is 14.1. The normalized spacial score (nSPS) is 13.3. The number of carbonyl (C=O) groups excluding carboxylic acids is 4. The summed E-state index contributed by atoms with van der Waals surface area (Å²) in [5.74, 6) is -1.95. The van der Waals surface area contributed by atoms with E-state index in [1.807, 2.05) is 12.1 Å². The fourth-order valence-electron chi connectivity index (χ4n) is 3.03. The van der Waals surface area contributed by atoms with Gasteiger partial charge in [-0.2, -0.15) is 0 Å². The highest BCUT2D eigenvalue weighted by Gasteiger charge is 2.32. The van der Waals surface area contributed by atoms with Gasteiger partial charge in [0.2, 0.25) is 5.91 Å². The van der Waals surface area contributed by atoms with Crippen LogP contribution >= 0.6 is 0 Å². The minimum Gasteiger partial charge on any atom is -0.454 e. The third kappa shape index (κ3) is 4.87. The summed E-state index contributed by atoms with van der Waals surface area (Å²) in [7, 11) is 0. The number of nitrogens with one attached hydrogen (secondary N) is 1. The molecule has 3 amide bonds. The smallest absolute Gasteiger partial charge is 0.326 e. The van der Waals surface area contributed by atoms with Gasteiger partial charge >= 0.3 is 5.97 Å². The van der Waals surface area contributed by atoms with Gasteiger partial charge < -0.3 is 10.1 Å². The number of esters is 1. The van der Waals surface area contributed by atoms with E-state index < -0.39 is 36.8 Å². The molecule has 0 fully saturated rings. The highest BCUT2D eigenvalue weighted by atomic mass is 16.5. The number of imide groups is 1. The lowest BCUT2D eigenvalue weighted by Crippen LogP contribution is -2.45. The number of carbonyl (C=O) groups is 4. The van der Waals surface area contributed by atoms with Crippen LogP contribution in [-0.2, 0) is 25.5 Å². The minimum atomic E-state index is -0.823. The molecule has 7 heteroatoms. The number of amides is 3. The van der Waals surface area contributed by atoms with E-state index in [1.54, 1.807) is 36.4 Å². The van der Waals surface area contributed by atoms with E-state index in [0.717, 1.165) is 10.5 Å². The standard InChI is InChI=1S/C22H22N2O5/c1-14(2)15-7-9-17(10-8-15)23-19(25)13-29-21(27)12-24-20(26)11-16-5-3-4-6-18(16)22(24)28/h3-10,14H,11-13H2,1-2H3,(H,23,25). The van der Waals surface area contributed by atoms with Crippen LogP contribution in [0.3, 0.4) is 0 Å². The first-order valence-corrected chi connectivity index (χ1v) is 9.33. The van der Waals surface area contributed by atoms with Gasteiger partial charge in [0, 0.05) is 11.3 Å². The van der Waals surface area contributed by atoms with Crippen molar-refractivity contribution in [2.24, 2.45) is 0 Å². The van der Waals surface area contributed by atoms with Crippen molar-refractivity contribution in [3.8, 4) is 0 Å². The Morgan fingerprint density at radius 2 is 1.76 bits per heavy atom. The number of rotatable bonds is 6. The van der Waals surface area contributed by atoms with E-state index in [0.29, 0.717) is 22.7 Å². The summed E-state index contributed by atoms with van der Waals surface area (Å²) in [4.78, 5) is 49.5. The molecule has 3 rings (SSSR count). The number of fused-ring (bicyclic) bond motifs is 1. The molecular formula is C22H22N2O5. The van der Waals surface area contributed by atoms with Gasteiger partial charge in [0.25, 0.3) is 11.8 Å². The Kier molecular flexibility index (Phi) is 6.07. The van der Waals surface area contributed by atoms with Crippen molar-refractivity contribution in [1.29, 1.82) is 0 Å². The Morgan fingerprint density at radius 3 is 2.45 bits per heavy atom. The number of benzene rings is 2. The third-order valence-electron chi connectivity index (χ3n) is 4.65. The number of ether oxygens (including phenoxy) is 1. The monoisotopic (exact) mass is 394 g/mol. The molecule has 0 spiro atoms. The first-order valence-electron chi connectivity index (χ1n) is 9.33. The number of nitrogens with zero attached hydrogens (tertiary/aromatic N) is 1. The average molecular weight is 394 g/mol. The van der Waals surface area contributed by atoms with Gasteiger partial charge in [-0.25, -0.2) is 0 Å². The highest BCUT2D eigenvalue weighted by molar-refractivity contribution is 6.11. The predicted molar refractivity (Wildman–Crippen MR) is 106 cm³/mol. The summed E-state index contributed by atoms with van der Waals surface area (Å²) in [5.41, 5.74) is 2.76. The Labute approximate surface area is 168 Å². The number of hydrogen-bond acceptors (Lipinski definition) is 5. The van der Waals surface area contributed by atoms with Gasteiger partial charge in [0.15, 0.2) is 6.61 Å². The van der Waals surface area contributed by atoms with Crippen molar-refractivity contribution < 1.29 is 23.9 Å². The molecule has 150 valence electrons. The van der Waals surface area contributed by atoms with Gasteiger partial charge in [-0.15, -0.1) is 0 Å². The summed E-state index contributed by atoms with van der Waals surface area (Å²) in [6.07, 6.45) is 0.0437. The van der Waals surface area contributed by atoms with Crippen LogP contribution in [0.2, 0.25) is 0 Å². The molecule has 0 aliphatic carbocycles. The molecule has 1 heterocycles. The fraction of sp³-hybridized carbons (Fsp3) is 0.273. The van der Waals surface area contributed by atoms with E-state index in [4.69, 9.17) is 4.74 Å². The molecule has 0 saturated carbocycles. The molecule has 1 N–H and O–H groups in total. The summed E-state index contributed by atoms with van der Waals surface area (Å²) >= 11 is 0. The molecule has 29 heavy (non-hydrogen) atoms. The van der Waals surface area contributed by atoms with Crippen LogP contribution in [0.4, 0.5) is 5.69 Å². The van der Waals surface area contributed by atoms with E-state index in [1.165, 1.54) is 0 Å². The fourth-order valence-corrected chi connectivity index (χ4v) is 3.03. The maximum Gasteiger partial charge on any atom is 0.326 e. The van der Waals surface area contributed by atoms with E-state index in [9.17, 15) is 19.2 Å².